The Bertz CT molecular complexity index is 662. The van der Waals surface area contributed by atoms with E-state index in [1.54, 1.807) is 42.5 Å². The number of halogens is 2. The van der Waals surface area contributed by atoms with E-state index in [4.69, 9.17) is 0 Å². The van der Waals surface area contributed by atoms with Crippen LogP contribution in [0.15, 0.2) is 42.5 Å². The van der Waals surface area contributed by atoms with Crippen LogP contribution in [0.4, 0.5) is 0 Å². The first-order valence-corrected chi connectivity index (χ1v) is 7.81. The Morgan fingerprint density at radius 1 is 1.10 bits per heavy atom. The van der Waals surface area contributed by atoms with Crippen molar-refractivity contribution in [3.8, 4) is 5.75 Å². The first kappa shape index (κ1) is 19.0. The van der Waals surface area contributed by atoms with Crippen molar-refractivity contribution in [1.29, 1.82) is 0 Å². The predicted molar refractivity (Wildman–Crippen MR) is 93.3 cm³/mol. The van der Waals surface area contributed by atoms with Crippen molar-refractivity contribution in [3.05, 3.63) is 60.7 Å². The standard InChI is InChI=1S/C15H10I2O3.Na/c16-12-7-9(8-13(17)14(12)18)6-11(15(19)20)10-4-2-1-3-5-10;/h1-8,18H,(H,19,20);/q;+1/p-1. The molecular weight excluding hydrogens is 505 g/mol. The molecule has 2 aromatic rings. The number of hydrogen-bond acceptors (Lipinski definition) is 2. The summed E-state index contributed by atoms with van der Waals surface area (Å²) in [4.78, 5) is 11.4. The molecule has 1 N–H and O–H groups in total. The third-order valence-corrected chi connectivity index (χ3v) is 4.25. The van der Waals surface area contributed by atoms with E-state index in [1.807, 2.05) is 51.2 Å². The van der Waals surface area contributed by atoms with Crippen LogP contribution in [0.3, 0.4) is 0 Å². The normalized spacial score (nSPS) is 10.9. The maximum absolute atomic E-state index is 11.7. The number of benzene rings is 2. The van der Waals surface area contributed by atoms with E-state index >= 15 is 0 Å². The third kappa shape index (κ3) is 4.95. The second kappa shape index (κ2) is 8.52. The molecule has 21 heavy (non-hydrogen) atoms. The topological polar surface area (TPSA) is 60.4 Å². The summed E-state index contributed by atoms with van der Waals surface area (Å²) in [5.41, 5.74) is 1.55. The molecule has 0 heterocycles. The molecule has 0 atom stereocenters. The molecule has 0 spiro atoms. The molecule has 0 aliphatic rings. The number of carbonyl (C=O) groups is 1. The molecule has 0 aliphatic carbocycles. The van der Waals surface area contributed by atoms with Gasteiger partial charge in [-0.05, 0) is 74.5 Å². The predicted octanol–water partition coefficient (Wildman–Crippen LogP) is 0.599. The van der Waals surface area contributed by atoms with Gasteiger partial charge in [-0.25, -0.2) is 4.79 Å². The van der Waals surface area contributed by atoms with Gasteiger partial charge in [-0.1, -0.05) is 36.1 Å². The third-order valence-electron chi connectivity index (χ3n) is 2.65. The van der Waals surface area contributed by atoms with Crippen molar-refractivity contribution in [2.45, 2.75) is 0 Å². The van der Waals surface area contributed by atoms with E-state index in [2.05, 4.69) is 0 Å². The number of aliphatic carboxylic acids is 1. The van der Waals surface area contributed by atoms with Crippen LogP contribution >= 0.6 is 45.2 Å². The van der Waals surface area contributed by atoms with E-state index in [-0.39, 0.29) is 40.9 Å². The molecule has 0 amide bonds. The van der Waals surface area contributed by atoms with E-state index in [9.17, 15) is 15.0 Å². The van der Waals surface area contributed by atoms with E-state index in [0.29, 0.717) is 18.3 Å². The van der Waals surface area contributed by atoms with E-state index in [0.717, 1.165) is 0 Å². The molecule has 0 aromatic heterocycles. The largest absolute Gasteiger partial charge is 1.00 e. The average Bonchev–Trinajstić information content (AvgIpc) is 2.42. The second-order valence-corrected chi connectivity index (χ2v) is 6.37. The molecule has 102 valence electrons. The Morgan fingerprint density at radius 2 is 1.62 bits per heavy atom. The molecule has 0 bridgehead atoms. The van der Waals surface area contributed by atoms with Crippen LogP contribution < -0.4 is 34.7 Å². The van der Waals surface area contributed by atoms with Crippen LogP contribution in [0.25, 0.3) is 11.6 Å². The summed E-state index contributed by atoms with van der Waals surface area (Å²) in [5.74, 6) is -1.02. The van der Waals surface area contributed by atoms with Gasteiger partial charge in [0.2, 0.25) is 0 Å². The maximum Gasteiger partial charge on any atom is 1.00 e. The fourth-order valence-corrected chi connectivity index (χ4v) is 3.53. The van der Waals surface area contributed by atoms with E-state index < -0.39 is 5.97 Å². The van der Waals surface area contributed by atoms with Crippen molar-refractivity contribution in [2.75, 3.05) is 0 Å². The molecule has 0 radical (unpaired) electrons. The number of rotatable bonds is 3. The van der Waals surface area contributed by atoms with Crippen LogP contribution in [-0.4, -0.2) is 11.1 Å². The summed E-state index contributed by atoms with van der Waals surface area (Å²) in [6.45, 7) is 0. The fraction of sp³-hybridized carbons (Fsp3) is 0. The number of carboxylic acids is 1. The minimum atomic E-state index is -0.993. The first-order chi connectivity index (χ1) is 9.49. The molecule has 0 fully saturated rings. The first-order valence-electron chi connectivity index (χ1n) is 5.65. The molecule has 2 aromatic carbocycles. The molecule has 0 saturated carbocycles. The Morgan fingerprint density at radius 3 is 2.10 bits per heavy atom. The van der Waals surface area contributed by atoms with Gasteiger partial charge in [0.25, 0.3) is 0 Å². The Balaban J connectivity index is 0.00000220. The molecule has 0 aliphatic heterocycles. The zero-order valence-corrected chi connectivity index (χ0v) is 17.5. The van der Waals surface area contributed by atoms with Gasteiger partial charge in [0.05, 0.1) is 5.57 Å². The summed E-state index contributed by atoms with van der Waals surface area (Å²) in [7, 11) is 0. The molecule has 0 saturated heterocycles. The Kier molecular flexibility index (Phi) is 7.69. The Hall–Kier alpha value is -0.0900. The van der Waals surface area contributed by atoms with Crippen molar-refractivity contribution >= 4 is 62.8 Å². The monoisotopic (exact) mass is 514 g/mol. The van der Waals surface area contributed by atoms with Crippen LogP contribution in [0.1, 0.15) is 11.1 Å². The minimum Gasteiger partial charge on any atom is -0.871 e. The summed E-state index contributed by atoms with van der Waals surface area (Å²) in [5, 5.41) is 21.0. The van der Waals surface area contributed by atoms with Crippen molar-refractivity contribution in [1.82, 2.24) is 0 Å². The molecule has 3 nitrogen and oxygen atoms in total. The van der Waals surface area contributed by atoms with Crippen molar-refractivity contribution < 1.29 is 44.6 Å². The SMILES string of the molecule is O=C(O)C(=Cc1cc(I)c([O-])c(I)c1)c1ccccc1.[Na+]. The van der Waals surface area contributed by atoms with Gasteiger partial charge in [0, 0.05) is 7.14 Å². The fourth-order valence-electron chi connectivity index (χ4n) is 1.72. The van der Waals surface area contributed by atoms with Crippen LogP contribution in [-0.2, 0) is 4.79 Å². The number of hydrogen-bond donors (Lipinski definition) is 1. The number of carboxylic acid groups (broad SMARTS) is 1. The van der Waals surface area contributed by atoms with Crippen LogP contribution in [0, 0.1) is 7.14 Å². The maximum atomic E-state index is 11.7. The summed E-state index contributed by atoms with van der Waals surface area (Å²) in [6, 6.07) is 12.3. The van der Waals surface area contributed by atoms with Gasteiger partial charge in [-0.15, -0.1) is 0 Å². The molecular formula is C15H9I2NaO3. The minimum absolute atomic E-state index is 0. The smallest absolute Gasteiger partial charge is 0.871 e. The average molecular weight is 514 g/mol. The van der Waals surface area contributed by atoms with Gasteiger partial charge >= 0.3 is 35.5 Å². The van der Waals surface area contributed by atoms with E-state index in [1.165, 1.54) is 0 Å². The molecule has 2 rings (SSSR count). The molecule has 0 unspecified atom stereocenters. The van der Waals surface area contributed by atoms with Crippen LogP contribution in [0.5, 0.6) is 5.75 Å². The summed E-state index contributed by atoms with van der Waals surface area (Å²) >= 11 is 3.92. The van der Waals surface area contributed by atoms with Crippen molar-refractivity contribution in [3.63, 3.8) is 0 Å². The van der Waals surface area contributed by atoms with Crippen molar-refractivity contribution in [2.24, 2.45) is 0 Å². The van der Waals surface area contributed by atoms with Gasteiger partial charge in [0.1, 0.15) is 0 Å². The van der Waals surface area contributed by atoms with Gasteiger partial charge in [0.15, 0.2) is 0 Å². The second-order valence-electron chi connectivity index (χ2n) is 4.04. The van der Waals surface area contributed by atoms with Gasteiger partial charge < -0.3 is 10.2 Å². The Labute approximate surface area is 172 Å². The quantitative estimate of drug-likeness (QED) is 0.283. The van der Waals surface area contributed by atoms with Crippen LogP contribution in [0.2, 0.25) is 0 Å². The molecule has 6 heteroatoms. The summed E-state index contributed by atoms with van der Waals surface area (Å²) < 4.78 is 1.16. The van der Waals surface area contributed by atoms with Gasteiger partial charge in [-0.2, -0.15) is 0 Å². The summed E-state index contributed by atoms with van der Waals surface area (Å²) in [6.07, 6.45) is 1.58. The zero-order valence-electron chi connectivity index (χ0n) is 11.1. The zero-order chi connectivity index (χ0) is 14.7. The van der Waals surface area contributed by atoms with Gasteiger partial charge in [-0.3, -0.25) is 0 Å².